The first kappa shape index (κ1) is 13.4. The molecule has 4 heteroatoms. The number of benzene rings is 1. The second kappa shape index (κ2) is 7.57. The summed E-state index contributed by atoms with van der Waals surface area (Å²) in [5, 5.41) is 7.52. The van der Waals surface area contributed by atoms with Crippen LogP contribution in [-0.4, -0.2) is 17.9 Å². The van der Waals surface area contributed by atoms with Gasteiger partial charge in [-0.2, -0.15) is 5.10 Å². The van der Waals surface area contributed by atoms with E-state index >= 15 is 0 Å². The van der Waals surface area contributed by atoms with Gasteiger partial charge in [-0.15, -0.1) is 6.58 Å². The highest BCUT2D eigenvalue weighted by Crippen LogP contribution is 2.11. The van der Waals surface area contributed by atoms with Gasteiger partial charge in [-0.3, -0.25) is 5.43 Å². The number of hydrazone groups is 1. The molecule has 0 spiro atoms. The van der Waals surface area contributed by atoms with Crippen LogP contribution in [0.4, 0.5) is 0 Å². The van der Waals surface area contributed by atoms with Crippen molar-refractivity contribution in [1.29, 1.82) is 0 Å². The molecule has 0 radical (unpaired) electrons. The zero-order valence-electron chi connectivity index (χ0n) is 9.89. The summed E-state index contributed by atoms with van der Waals surface area (Å²) in [6.45, 7) is 6.31. The number of hydrogen-bond donors (Lipinski definition) is 2. The molecule has 17 heavy (non-hydrogen) atoms. The Bertz CT molecular complexity index is 387. The van der Waals surface area contributed by atoms with Gasteiger partial charge >= 0.3 is 0 Å². The van der Waals surface area contributed by atoms with Gasteiger partial charge in [0.25, 0.3) is 0 Å². The van der Waals surface area contributed by atoms with E-state index in [4.69, 9.17) is 12.2 Å². The van der Waals surface area contributed by atoms with Crippen LogP contribution in [0.2, 0.25) is 0 Å². The van der Waals surface area contributed by atoms with Crippen molar-refractivity contribution in [3.8, 4) is 0 Å². The maximum Gasteiger partial charge on any atom is 0.187 e. The lowest BCUT2D eigenvalue weighted by Crippen LogP contribution is -2.32. The Morgan fingerprint density at radius 2 is 2.18 bits per heavy atom. The van der Waals surface area contributed by atoms with Gasteiger partial charge in [0.2, 0.25) is 0 Å². The van der Waals surface area contributed by atoms with Crippen molar-refractivity contribution in [2.75, 3.05) is 6.54 Å². The van der Waals surface area contributed by atoms with E-state index < -0.39 is 0 Å². The number of rotatable bonds is 5. The Hall–Kier alpha value is -1.68. The molecule has 0 bridgehead atoms. The highest BCUT2D eigenvalue weighted by molar-refractivity contribution is 7.80. The van der Waals surface area contributed by atoms with E-state index in [2.05, 4.69) is 41.5 Å². The molecule has 0 amide bonds. The van der Waals surface area contributed by atoms with Gasteiger partial charge in [0.05, 0.1) is 0 Å². The smallest absolute Gasteiger partial charge is 0.187 e. The summed E-state index contributed by atoms with van der Waals surface area (Å²) in [6, 6.07) is 10.2. The summed E-state index contributed by atoms with van der Waals surface area (Å²) in [5.74, 6) is 0.255. The summed E-state index contributed by atoms with van der Waals surface area (Å²) in [5.41, 5.74) is 3.99. The third-order valence-corrected chi connectivity index (χ3v) is 2.43. The number of hydrogen-bond acceptors (Lipinski definition) is 2. The SMILES string of the molecule is C=CCNC(=S)N/N=C/[C@H](C)c1ccccc1. The molecule has 0 unspecified atom stereocenters. The minimum Gasteiger partial charge on any atom is -0.358 e. The molecular weight excluding hydrogens is 230 g/mol. The van der Waals surface area contributed by atoms with Crippen LogP contribution in [-0.2, 0) is 0 Å². The average Bonchev–Trinajstić information content (AvgIpc) is 2.37. The van der Waals surface area contributed by atoms with Crippen molar-refractivity contribution in [2.24, 2.45) is 5.10 Å². The van der Waals surface area contributed by atoms with Crippen molar-refractivity contribution < 1.29 is 0 Å². The van der Waals surface area contributed by atoms with Crippen LogP contribution in [0, 0.1) is 0 Å². The molecule has 0 aliphatic rings. The predicted octanol–water partition coefficient (Wildman–Crippen LogP) is 2.43. The number of nitrogens with one attached hydrogen (secondary N) is 2. The first-order valence-corrected chi connectivity index (χ1v) is 5.87. The monoisotopic (exact) mass is 247 g/mol. The number of nitrogens with zero attached hydrogens (tertiary/aromatic N) is 1. The lowest BCUT2D eigenvalue weighted by Gasteiger charge is -2.06. The van der Waals surface area contributed by atoms with Gasteiger partial charge < -0.3 is 5.32 Å². The lowest BCUT2D eigenvalue weighted by atomic mass is 10.0. The normalized spacial score (nSPS) is 12.1. The molecule has 2 N–H and O–H groups in total. The van der Waals surface area contributed by atoms with E-state index in [0.29, 0.717) is 11.7 Å². The summed E-state index contributed by atoms with van der Waals surface area (Å²) in [4.78, 5) is 0. The largest absolute Gasteiger partial charge is 0.358 e. The van der Waals surface area contributed by atoms with Gasteiger partial charge in [0.15, 0.2) is 5.11 Å². The molecule has 0 saturated heterocycles. The second-order valence-corrected chi connectivity index (χ2v) is 4.00. The molecule has 0 aliphatic heterocycles. The van der Waals surface area contributed by atoms with Crippen molar-refractivity contribution in [1.82, 2.24) is 10.7 Å². The Kier molecular flexibility index (Phi) is 5.96. The molecule has 90 valence electrons. The average molecular weight is 247 g/mol. The van der Waals surface area contributed by atoms with Crippen molar-refractivity contribution in [3.05, 3.63) is 48.6 Å². The predicted molar refractivity (Wildman–Crippen MR) is 77.3 cm³/mol. The van der Waals surface area contributed by atoms with E-state index in [9.17, 15) is 0 Å². The minimum atomic E-state index is 0.255. The molecule has 0 fully saturated rings. The van der Waals surface area contributed by atoms with E-state index in [0.717, 1.165) is 0 Å². The van der Waals surface area contributed by atoms with Crippen molar-refractivity contribution in [3.63, 3.8) is 0 Å². The zero-order chi connectivity index (χ0) is 12.5. The van der Waals surface area contributed by atoms with Gasteiger partial charge in [-0.25, -0.2) is 0 Å². The molecular formula is C13H17N3S. The maximum absolute atomic E-state index is 5.00. The maximum atomic E-state index is 5.00. The highest BCUT2D eigenvalue weighted by Gasteiger charge is 2.00. The fourth-order valence-electron chi connectivity index (χ4n) is 1.25. The van der Waals surface area contributed by atoms with Crippen LogP contribution in [0.5, 0.6) is 0 Å². The van der Waals surface area contributed by atoms with Crippen LogP contribution < -0.4 is 10.7 Å². The molecule has 0 saturated carbocycles. The molecule has 1 aromatic rings. The Morgan fingerprint density at radius 1 is 1.47 bits per heavy atom. The quantitative estimate of drug-likeness (QED) is 0.363. The van der Waals surface area contributed by atoms with Crippen molar-refractivity contribution in [2.45, 2.75) is 12.8 Å². The molecule has 0 aliphatic carbocycles. The topological polar surface area (TPSA) is 36.4 Å². The van der Waals surface area contributed by atoms with Crippen LogP contribution in [0.15, 0.2) is 48.1 Å². The first-order valence-electron chi connectivity index (χ1n) is 5.47. The molecule has 0 heterocycles. The fraction of sp³-hybridized carbons (Fsp3) is 0.231. The van der Waals surface area contributed by atoms with Gasteiger partial charge in [0, 0.05) is 18.7 Å². The van der Waals surface area contributed by atoms with E-state index in [1.54, 1.807) is 6.08 Å². The molecule has 3 nitrogen and oxygen atoms in total. The standard InChI is InChI=1S/C13H17N3S/c1-3-9-14-13(17)16-15-10-11(2)12-7-5-4-6-8-12/h3-8,10-11H,1,9H2,2H3,(H2,14,16,17)/b15-10+/t11-/m0/s1. The van der Waals surface area contributed by atoms with E-state index in [-0.39, 0.29) is 5.92 Å². The Morgan fingerprint density at radius 3 is 2.82 bits per heavy atom. The Balaban J connectivity index is 2.38. The molecule has 1 rings (SSSR count). The summed E-state index contributed by atoms with van der Waals surface area (Å²) < 4.78 is 0. The summed E-state index contributed by atoms with van der Waals surface area (Å²) in [7, 11) is 0. The first-order chi connectivity index (χ1) is 8.24. The molecule has 1 atom stereocenters. The highest BCUT2D eigenvalue weighted by atomic mass is 32.1. The van der Waals surface area contributed by atoms with Gasteiger partial charge in [0.1, 0.15) is 0 Å². The second-order valence-electron chi connectivity index (χ2n) is 3.59. The van der Waals surface area contributed by atoms with Gasteiger partial charge in [-0.1, -0.05) is 43.3 Å². The fourth-order valence-corrected chi connectivity index (χ4v) is 1.39. The van der Waals surface area contributed by atoms with Gasteiger partial charge in [-0.05, 0) is 17.8 Å². The summed E-state index contributed by atoms with van der Waals surface area (Å²) in [6.07, 6.45) is 3.57. The van der Waals surface area contributed by atoms with Crippen LogP contribution in [0.25, 0.3) is 0 Å². The molecule has 1 aromatic carbocycles. The lowest BCUT2D eigenvalue weighted by molar-refractivity contribution is 0.924. The van der Waals surface area contributed by atoms with Crippen LogP contribution in [0.1, 0.15) is 18.4 Å². The third-order valence-electron chi connectivity index (χ3n) is 2.20. The van der Waals surface area contributed by atoms with Crippen LogP contribution in [0.3, 0.4) is 0 Å². The Labute approximate surface area is 108 Å². The van der Waals surface area contributed by atoms with E-state index in [1.807, 2.05) is 24.4 Å². The minimum absolute atomic E-state index is 0.255. The van der Waals surface area contributed by atoms with Crippen LogP contribution >= 0.6 is 12.2 Å². The third kappa shape index (κ3) is 5.26. The molecule has 0 aromatic heterocycles. The zero-order valence-corrected chi connectivity index (χ0v) is 10.7. The summed E-state index contributed by atoms with van der Waals surface area (Å²) >= 11 is 5.00. The van der Waals surface area contributed by atoms with E-state index in [1.165, 1.54) is 5.56 Å². The number of thiocarbonyl (C=S) groups is 1. The van der Waals surface area contributed by atoms with Crippen molar-refractivity contribution >= 4 is 23.5 Å².